The van der Waals surface area contributed by atoms with Crippen LogP contribution in [0.3, 0.4) is 0 Å². The van der Waals surface area contributed by atoms with Crippen LogP contribution < -0.4 is 20.8 Å². The summed E-state index contributed by atoms with van der Waals surface area (Å²) in [6, 6.07) is 10.2. The largest absolute Gasteiger partial charge is 0.490 e. The molecule has 2 heterocycles. The molecule has 4 aromatic rings. The van der Waals surface area contributed by atoms with Crippen LogP contribution in [0.25, 0.3) is 16.7 Å². The van der Waals surface area contributed by atoms with Crippen molar-refractivity contribution in [2.24, 2.45) is 0 Å². The predicted octanol–water partition coefficient (Wildman–Crippen LogP) is 4.71. The number of alkyl halides is 3. The molecule has 0 fully saturated rings. The van der Waals surface area contributed by atoms with Crippen molar-refractivity contribution in [3.8, 4) is 11.4 Å². The molecule has 2 aromatic heterocycles. The summed E-state index contributed by atoms with van der Waals surface area (Å²) in [5.41, 5.74) is 0.809. The molecule has 10 nitrogen and oxygen atoms in total. The number of ether oxygens (including phenoxy) is 2. The van der Waals surface area contributed by atoms with Crippen LogP contribution >= 0.6 is 0 Å². The van der Waals surface area contributed by atoms with E-state index in [1.54, 1.807) is 49.1 Å². The summed E-state index contributed by atoms with van der Waals surface area (Å²) in [6.45, 7) is 3.60. The number of fused-ring (bicyclic) bond motifs is 1. The van der Waals surface area contributed by atoms with Crippen molar-refractivity contribution >= 4 is 28.4 Å². The number of amides is 2. The van der Waals surface area contributed by atoms with Gasteiger partial charge in [-0.3, -0.25) is 4.79 Å². The number of nitrogens with zero attached hydrogens (tertiary/aromatic N) is 4. The Bertz CT molecular complexity index is 1570. The number of urea groups is 1. The second-order valence-electron chi connectivity index (χ2n) is 9.19. The number of aryl methyl sites for hydroxylation is 1. The van der Waals surface area contributed by atoms with Crippen molar-refractivity contribution < 1.29 is 27.4 Å². The highest BCUT2D eigenvalue weighted by Gasteiger charge is 2.31. The van der Waals surface area contributed by atoms with Crippen LogP contribution in [0.2, 0.25) is 0 Å². The Kier molecular flexibility index (Phi) is 9.20. The van der Waals surface area contributed by atoms with Crippen molar-refractivity contribution in [3.05, 3.63) is 82.5 Å². The van der Waals surface area contributed by atoms with E-state index in [9.17, 15) is 22.8 Å². The van der Waals surface area contributed by atoms with Crippen LogP contribution in [-0.2, 0) is 10.9 Å². The van der Waals surface area contributed by atoms with Gasteiger partial charge in [-0.15, -0.1) is 0 Å². The normalized spacial score (nSPS) is 11.6. The third-order valence-corrected chi connectivity index (χ3v) is 6.23. The quantitative estimate of drug-likeness (QED) is 0.284. The first-order chi connectivity index (χ1) is 19.6. The summed E-state index contributed by atoms with van der Waals surface area (Å²) in [5, 5.41) is 5.48. The third kappa shape index (κ3) is 7.38. The Morgan fingerprint density at radius 2 is 1.76 bits per heavy atom. The summed E-state index contributed by atoms with van der Waals surface area (Å²) >= 11 is 0. The number of pyridine rings is 1. The number of carbonyl (C=O) groups is 1. The van der Waals surface area contributed by atoms with Crippen LogP contribution in [0.5, 0.6) is 5.75 Å². The van der Waals surface area contributed by atoms with Gasteiger partial charge in [-0.1, -0.05) is 0 Å². The molecule has 0 saturated heterocycles. The van der Waals surface area contributed by atoms with Gasteiger partial charge in [0.2, 0.25) is 0 Å². The van der Waals surface area contributed by atoms with E-state index in [2.05, 4.69) is 20.6 Å². The second kappa shape index (κ2) is 12.8. The maximum Gasteiger partial charge on any atom is 0.416 e. The van der Waals surface area contributed by atoms with E-state index in [4.69, 9.17) is 9.47 Å². The van der Waals surface area contributed by atoms with Gasteiger partial charge in [0.05, 0.1) is 28.9 Å². The summed E-state index contributed by atoms with van der Waals surface area (Å²) in [6.07, 6.45) is -1.63. The number of hydrogen-bond donors (Lipinski definition) is 2. The summed E-state index contributed by atoms with van der Waals surface area (Å²) < 4.78 is 52.5. The predicted molar refractivity (Wildman–Crippen MR) is 149 cm³/mol. The Balaban J connectivity index is 1.48. The molecule has 0 spiro atoms. The molecule has 4 rings (SSSR count). The fraction of sp³-hybridized carbons (Fsp3) is 0.286. The molecule has 0 radical (unpaired) electrons. The van der Waals surface area contributed by atoms with Crippen LogP contribution in [0.15, 0.2) is 65.8 Å². The average molecular weight is 571 g/mol. The molecule has 41 heavy (non-hydrogen) atoms. The average Bonchev–Trinajstić information content (AvgIpc) is 2.93. The number of hydrogen-bond acceptors (Lipinski definition) is 7. The second-order valence-corrected chi connectivity index (χ2v) is 9.19. The van der Waals surface area contributed by atoms with Gasteiger partial charge in [0.1, 0.15) is 18.7 Å². The van der Waals surface area contributed by atoms with Gasteiger partial charge < -0.3 is 29.6 Å². The molecule has 0 unspecified atom stereocenters. The minimum Gasteiger partial charge on any atom is -0.490 e. The standard InChI is InChI=1S/C28H29F3N6O4/c1-18-25-23(38)10-11-37(26(25)33-17-32-18)21-7-5-20(6-8-21)34-27(39)35-22-16-19(28(29,30)31)4-9-24(22)41-15-13-36(2)12-14-40-3/h4-11,16-17H,12-15H2,1-3H3,(H2,34,35,39). The first kappa shape index (κ1) is 29.5. The van der Waals surface area contributed by atoms with E-state index in [1.165, 1.54) is 18.5 Å². The highest BCUT2D eigenvalue weighted by Crippen LogP contribution is 2.35. The Labute approximate surface area is 233 Å². The van der Waals surface area contributed by atoms with Crippen LogP contribution in [0.4, 0.5) is 29.3 Å². The molecular weight excluding hydrogens is 541 g/mol. The smallest absolute Gasteiger partial charge is 0.416 e. The fourth-order valence-corrected chi connectivity index (χ4v) is 4.03. The maximum absolute atomic E-state index is 13.4. The highest BCUT2D eigenvalue weighted by atomic mass is 19.4. The minimum absolute atomic E-state index is 0.103. The lowest BCUT2D eigenvalue weighted by molar-refractivity contribution is -0.137. The Morgan fingerprint density at radius 1 is 1.02 bits per heavy atom. The number of rotatable bonds is 10. The number of anilines is 2. The molecule has 216 valence electrons. The molecule has 0 aliphatic heterocycles. The van der Waals surface area contributed by atoms with Gasteiger partial charge in [0, 0.05) is 43.8 Å². The zero-order chi connectivity index (χ0) is 29.6. The Hall–Kier alpha value is -4.49. The molecular formula is C28H29F3N6O4. The number of nitrogens with one attached hydrogen (secondary N) is 2. The lowest BCUT2D eigenvalue weighted by Crippen LogP contribution is -2.28. The van der Waals surface area contributed by atoms with E-state index in [0.29, 0.717) is 47.8 Å². The first-order valence-electron chi connectivity index (χ1n) is 12.6. The number of likely N-dealkylation sites (N-methyl/N-ethyl adjacent to an activating group) is 1. The van der Waals surface area contributed by atoms with E-state index in [-0.39, 0.29) is 23.5 Å². The van der Waals surface area contributed by atoms with Crippen molar-refractivity contribution in [2.45, 2.75) is 13.1 Å². The van der Waals surface area contributed by atoms with Crippen molar-refractivity contribution in [2.75, 3.05) is 51.1 Å². The van der Waals surface area contributed by atoms with Gasteiger partial charge in [0.25, 0.3) is 0 Å². The van der Waals surface area contributed by atoms with Gasteiger partial charge in [-0.25, -0.2) is 14.8 Å². The van der Waals surface area contributed by atoms with Crippen LogP contribution in [0, 0.1) is 6.92 Å². The van der Waals surface area contributed by atoms with E-state index < -0.39 is 17.8 Å². The van der Waals surface area contributed by atoms with Crippen molar-refractivity contribution in [1.82, 2.24) is 19.4 Å². The molecule has 0 atom stereocenters. The number of halogens is 3. The number of aromatic nitrogens is 3. The molecule has 0 bridgehead atoms. The van der Waals surface area contributed by atoms with Gasteiger partial charge in [-0.2, -0.15) is 13.2 Å². The summed E-state index contributed by atoms with van der Waals surface area (Å²) in [7, 11) is 3.45. The molecule has 0 aliphatic carbocycles. The fourth-order valence-electron chi connectivity index (χ4n) is 4.03. The molecule has 2 amide bonds. The number of benzene rings is 2. The molecule has 2 aromatic carbocycles. The SMILES string of the molecule is COCCN(C)CCOc1ccc(C(F)(F)F)cc1NC(=O)Nc1ccc(-n2ccc(=O)c3c(C)ncnc32)cc1. The number of carbonyl (C=O) groups excluding carboxylic acids is 1. The lowest BCUT2D eigenvalue weighted by atomic mass is 10.1. The summed E-state index contributed by atoms with van der Waals surface area (Å²) in [4.78, 5) is 35.3. The highest BCUT2D eigenvalue weighted by molar-refractivity contribution is 6.00. The Morgan fingerprint density at radius 3 is 2.46 bits per heavy atom. The van der Waals surface area contributed by atoms with Gasteiger partial charge >= 0.3 is 12.2 Å². The van der Waals surface area contributed by atoms with Crippen molar-refractivity contribution in [1.29, 1.82) is 0 Å². The minimum atomic E-state index is -4.60. The van der Waals surface area contributed by atoms with E-state index in [0.717, 1.165) is 12.1 Å². The zero-order valence-corrected chi connectivity index (χ0v) is 22.7. The molecule has 13 heteroatoms. The summed E-state index contributed by atoms with van der Waals surface area (Å²) in [5.74, 6) is 0.103. The molecule has 2 N–H and O–H groups in total. The van der Waals surface area contributed by atoms with Crippen LogP contribution in [-0.4, -0.2) is 65.9 Å². The lowest BCUT2D eigenvalue weighted by Gasteiger charge is -2.19. The van der Waals surface area contributed by atoms with Gasteiger partial charge in [0.15, 0.2) is 11.1 Å². The maximum atomic E-state index is 13.4. The van der Waals surface area contributed by atoms with Crippen molar-refractivity contribution in [3.63, 3.8) is 0 Å². The molecule has 0 aliphatic rings. The third-order valence-electron chi connectivity index (χ3n) is 6.23. The van der Waals surface area contributed by atoms with E-state index >= 15 is 0 Å². The monoisotopic (exact) mass is 570 g/mol. The zero-order valence-electron chi connectivity index (χ0n) is 22.7. The van der Waals surface area contributed by atoms with Gasteiger partial charge in [-0.05, 0) is 56.4 Å². The topological polar surface area (TPSA) is 111 Å². The van der Waals surface area contributed by atoms with Crippen LogP contribution in [0.1, 0.15) is 11.3 Å². The molecule has 0 saturated carbocycles. The van der Waals surface area contributed by atoms with E-state index in [1.807, 2.05) is 11.9 Å². The first-order valence-corrected chi connectivity index (χ1v) is 12.6. The number of methoxy groups -OCH3 is 1.